The van der Waals surface area contributed by atoms with E-state index in [0.717, 1.165) is 19.7 Å². The Labute approximate surface area is 211 Å². The number of hydrogen-bond acceptors (Lipinski definition) is 7. The Kier molecular flexibility index (Phi) is 5.97. The van der Waals surface area contributed by atoms with Crippen LogP contribution in [0.25, 0.3) is 33.5 Å². The first kappa shape index (κ1) is 22.9. The molecule has 7 nitrogen and oxygen atoms in total. The molecule has 11 heteroatoms. The standard InChI is InChI=1S/C24H18BrF2N3O4S/c25-14-5-6-16(28-9-14)12-1-3-13(4-2-12)22-15(26)7-18-17(29-22)8-21(30(18)35-27)34-20-11-33-23-19(31)10-32-24(20)23/h1-9,19-20,23-24,31H,10-11H2/t19-,20-,23?,24-/m1/s1. The number of pyridine rings is 2. The molecule has 0 aliphatic carbocycles. The summed E-state index contributed by atoms with van der Waals surface area (Å²) in [6, 6.07) is 13.8. The summed E-state index contributed by atoms with van der Waals surface area (Å²) in [5, 5.41) is 9.93. The first-order valence-corrected chi connectivity index (χ1v) is 12.3. The van der Waals surface area contributed by atoms with Gasteiger partial charge in [0.25, 0.3) is 0 Å². The van der Waals surface area contributed by atoms with E-state index in [1.54, 1.807) is 24.4 Å². The molecule has 1 N–H and O–H groups in total. The van der Waals surface area contributed by atoms with Crippen molar-refractivity contribution in [3.63, 3.8) is 0 Å². The van der Waals surface area contributed by atoms with Crippen molar-refractivity contribution in [3.05, 3.63) is 65.0 Å². The summed E-state index contributed by atoms with van der Waals surface area (Å²) in [4.78, 5) is 8.84. The predicted molar refractivity (Wildman–Crippen MR) is 130 cm³/mol. The van der Waals surface area contributed by atoms with Crippen molar-refractivity contribution in [3.8, 4) is 28.4 Å². The van der Waals surface area contributed by atoms with Gasteiger partial charge in [-0.3, -0.25) is 4.98 Å². The molecule has 0 spiro atoms. The second-order valence-electron chi connectivity index (χ2n) is 8.33. The summed E-state index contributed by atoms with van der Waals surface area (Å²) >= 11 is 3.26. The van der Waals surface area contributed by atoms with Crippen LogP contribution in [0.15, 0.2) is 59.2 Å². The molecule has 2 saturated heterocycles. The highest BCUT2D eigenvalue weighted by atomic mass is 79.9. The van der Waals surface area contributed by atoms with Gasteiger partial charge < -0.3 is 19.3 Å². The van der Waals surface area contributed by atoms with Crippen LogP contribution in [0.2, 0.25) is 0 Å². The van der Waals surface area contributed by atoms with Crippen LogP contribution in [-0.2, 0) is 9.47 Å². The summed E-state index contributed by atoms with van der Waals surface area (Å²) < 4.78 is 48.1. The van der Waals surface area contributed by atoms with Crippen molar-refractivity contribution in [1.29, 1.82) is 0 Å². The Bertz CT molecular complexity index is 1390. The van der Waals surface area contributed by atoms with Gasteiger partial charge in [0.2, 0.25) is 5.88 Å². The van der Waals surface area contributed by atoms with Gasteiger partial charge in [0.15, 0.2) is 24.3 Å². The van der Waals surface area contributed by atoms with E-state index in [2.05, 4.69) is 25.9 Å². The molecule has 0 amide bonds. The molecule has 1 aromatic carbocycles. The molecule has 2 aliphatic heterocycles. The summed E-state index contributed by atoms with van der Waals surface area (Å²) in [7, 11) is 0. The molecule has 5 heterocycles. The van der Waals surface area contributed by atoms with Crippen LogP contribution < -0.4 is 4.74 Å². The lowest BCUT2D eigenvalue weighted by atomic mass is 10.1. The number of aliphatic hydroxyl groups excluding tert-OH is 1. The molecule has 35 heavy (non-hydrogen) atoms. The Balaban J connectivity index is 1.31. The van der Waals surface area contributed by atoms with Crippen LogP contribution in [0.3, 0.4) is 0 Å². The summed E-state index contributed by atoms with van der Waals surface area (Å²) in [5.74, 6) is -0.425. The Morgan fingerprint density at radius 2 is 1.83 bits per heavy atom. The van der Waals surface area contributed by atoms with Crippen LogP contribution in [0.4, 0.5) is 8.28 Å². The number of aromatic nitrogens is 3. The molecule has 4 atom stereocenters. The van der Waals surface area contributed by atoms with E-state index >= 15 is 4.39 Å². The van der Waals surface area contributed by atoms with E-state index in [0.29, 0.717) is 11.1 Å². The van der Waals surface area contributed by atoms with Gasteiger partial charge in [-0.05, 0) is 28.1 Å². The summed E-state index contributed by atoms with van der Waals surface area (Å²) in [6.45, 7) is 0.348. The molecule has 6 rings (SSSR count). The van der Waals surface area contributed by atoms with E-state index in [1.807, 2.05) is 24.3 Å². The third-order valence-electron chi connectivity index (χ3n) is 6.17. The number of ether oxygens (including phenoxy) is 3. The fraction of sp³-hybridized carbons (Fsp3) is 0.250. The van der Waals surface area contributed by atoms with E-state index in [4.69, 9.17) is 14.2 Å². The van der Waals surface area contributed by atoms with Gasteiger partial charge in [0, 0.05) is 33.9 Å². The molecule has 1 unspecified atom stereocenters. The van der Waals surface area contributed by atoms with Crippen molar-refractivity contribution in [1.82, 2.24) is 13.9 Å². The molecule has 2 aliphatic rings. The minimum absolute atomic E-state index is 0.105. The van der Waals surface area contributed by atoms with Crippen LogP contribution in [-0.4, -0.2) is 56.7 Å². The van der Waals surface area contributed by atoms with Crippen molar-refractivity contribution in [2.75, 3.05) is 13.2 Å². The predicted octanol–water partition coefficient (Wildman–Crippen LogP) is 4.95. The number of halogens is 3. The number of rotatable bonds is 5. The third kappa shape index (κ3) is 4.11. The van der Waals surface area contributed by atoms with Gasteiger partial charge in [0.05, 0.1) is 29.9 Å². The fourth-order valence-electron chi connectivity index (χ4n) is 4.46. The van der Waals surface area contributed by atoms with Crippen LogP contribution in [0.5, 0.6) is 5.88 Å². The van der Waals surface area contributed by atoms with Crippen LogP contribution in [0, 0.1) is 5.82 Å². The normalized spacial score (nSPS) is 23.7. The smallest absolute Gasteiger partial charge is 0.209 e. The lowest BCUT2D eigenvalue weighted by molar-refractivity contribution is 0.00776. The maximum absolute atomic E-state index is 15.1. The van der Waals surface area contributed by atoms with Crippen LogP contribution >= 0.6 is 28.3 Å². The van der Waals surface area contributed by atoms with Gasteiger partial charge in [0.1, 0.15) is 24.0 Å². The van der Waals surface area contributed by atoms with Gasteiger partial charge in [-0.15, -0.1) is 3.89 Å². The van der Waals surface area contributed by atoms with Crippen molar-refractivity contribution < 1.29 is 27.6 Å². The molecule has 0 saturated carbocycles. The number of fused-ring (bicyclic) bond motifs is 2. The van der Waals surface area contributed by atoms with E-state index in [9.17, 15) is 8.99 Å². The molecule has 4 aromatic rings. The largest absolute Gasteiger partial charge is 0.469 e. The Hall–Kier alpha value is -2.57. The molecule has 0 bridgehead atoms. The molecule has 180 valence electrons. The minimum atomic E-state index is -0.723. The highest BCUT2D eigenvalue weighted by Gasteiger charge is 2.48. The van der Waals surface area contributed by atoms with Crippen molar-refractivity contribution in [2.24, 2.45) is 0 Å². The van der Waals surface area contributed by atoms with E-state index in [1.165, 1.54) is 6.07 Å². The maximum atomic E-state index is 15.1. The number of hydrogen-bond donors (Lipinski definition) is 1. The summed E-state index contributed by atoms with van der Waals surface area (Å²) in [5.41, 5.74) is 3.02. The van der Waals surface area contributed by atoms with Gasteiger partial charge in [-0.2, -0.15) is 0 Å². The first-order chi connectivity index (χ1) is 17.0. The third-order valence-corrected chi connectivity index (χ3v) is 7.15. The Morgan fingerprint density at radius 1 is 1.06 bits per heavy atom. The SMILES string of the molecule is O[C@@H]1CO[C@H]2C1OC[C@H]2Oc1cc2nc(-c3ccc(-c4ccc(Br)cn4)cc3)c(F)cc2n1SF. The zero-order chi connectivity index (χ0) is 24.1. The van der Waals surface area contributed by atoms with Crippen molar-refractivity contribution >= 4 is 39.3 Å². The van der Waals surface area contributed by atoms with Gasteiger partial charge in [-0.25, -0.2) is 13.3 Å². The van der Waals surface area contributed by atoms with Gasteiger partial charge in [-0.1, -0.05) is 24.3 Å². The average Bonchev–Trinajstić information content (AvgIpc) is 3.54. The second kappa shape index (κ2) is 9.14. The molecular weight excluding hydrogens is 544 g/mol. The quantitative estimate of drug-likeness (QED) is 0.369. The first-order valence-electron chi connectivity index (χ1n) is 10.8. The lowest BCUT2D eigenvalue weighted by Crippen LogP contribution is -2.34. The monoisotopic (exact) mass is 561 g/mol. The number of nitrogens with zero attached hydrogens (tertiary/aromatic N) is 3. The zero-order valence-electron chi connectivity index (χ0n) is 18.0. The average molecular weight is 562 g/mol. The maximum Gasteiger partial charge on any atom is 0.209 e. The zero-order valence-corrected chi connectivity index (χ0v) is 20.4. The van der Waals surface area contributed by atoms with Crippen LogP contribution in [0.1, 0.15) is 0 Å². The molecule has 0 radical (unpaired) electrons. The second-order valence-corrected chi connectivity index (χ2v) is 9.75. The van der Waals surface area contributed by atoms with Gasteiger partial charge >= 0.3 is 0 Å². The highest BCUT2D eigenvalue weighted by Crippen LogP contribution is 2.36. The molecule has 2 fully saturated rings. The fourth-order valence-corrected chi connectivity index (χ4v) is 5.08. The van der Waals surface area contributed by atoms with E-state index in [-0.39, 0.29) is 42.6 Å². The number of aliphatic hydroxyl groups is 1. The lowest BCUT2D eigenvalue weighted by Gasteiger charge is -2.17. The van der Waals surface area contributed by atoms with Crippen molar-refractivity contribution in [2.45, 2.75) is 24.4 Å². The molecular formula is C24H18BrF2N3O4S. The molecule has 3 aromatic heterocycles. The minimum Gasteiger partial charge on any atom is -0.469 e. The highest BCUT2D eigenvalue weighted by molar-refractivity contribution is 9.10. The summed E-state index contributed by atoms with van der Waals surface area (Å²) in [6.07, 6.45) is -0.478. The van der Waals surface area contributed by atoms with E-state index < -0.39 is 30.2 Å². The number of benzene rings is 1. The Morgan fingerprint density at radius 3 is 2.57 bits per heavy atom. The topological polar surface area (TPSA) is 78.6 Å².